The van der Waals surface area contributed by atoms with Crippen molar-refractivity contribution in [2.45, 2.75) is 38.8 Å². The van der Waals surface area contributed by atoms with Gasteiger partial charge in [-0.05, 0) is 18.3 Å². The van der Waals surface area contributed by atoms with Crippen LogP contribution in [0.1, 0.15) is 26.7 Å². The fourth-order valence-electron chi connectivity index (χ4n) is 1.78. The molecule has 1 aliphatic heterocycles. The third kappa shape index (κ3) is 2.88. The van der Waals surface area contributed by atoms with E-state index in [1.54, 1.807) is 7.11 Å². The average Bonchev–Trinajstić information content (AvgIpc) is 2.13. The molecule has 1 N–H and O–H groups in total. The molecule has 1 aliphatic carbocycles. The predicted octanol–water partition coefficient (Wildman–Crippen LogP) is 1.88. The Morgan fingerprint density at radius 2 is 2.20 bits per heavy atom. The molecule has 0 atom stereocenters. The summed E-state index contributed by atoms with van der Waals surface area (Å²) in [6.45, 7) is 5.48. The zero-order chi connectivity index (χ0) is 10.9. The van der Waals surface area contributed by atoms with E-state index in [0.717, 1.165) is 24.6 Å². The molecular weight excluding hydrogens is 208 g/mol. The zero-order valence-electron chi connectivity index (χ0n) is 9.75. The van der Waals surface area contributed by atoms with Crippen LogP contribution in [0.25, 0.3) is 0 Å². The number of thioether (sulfide) groups is 1. The van der Waals surface area contributed by atoms with Gasteiger partial charge in [0.15, 0.2) is 5.17 Å². The first-order chi connectivity index (χ1) is 7.09. The first-order valence-corrected chi connectivity index (χ1v) is 6.54. The van der Waals surface area contributed by atoms with E-state index >= 15 is 0 Å². The quantitative estimate of drug-likeness (QED) is 0.783. The molecule has 0 bridgehead atoms. The number of nitrogens with zero attached hydrogens (tertiary/aromatic N) is 1. The summed E-state index contributed by atoms with van der Waals surface area (Å²) in [5, 5.41) is 4.62. The first-order valence-electron chi connectivity index (χ1n) is 5.56. The Morgan fingerprint density at radius 3 is 2.73 bits per heavy atom. The summed E-state index contributed by atoms with van der Waals surface area (Å²) in [5.74, 6) is 1.17. The van der Waals surface area contributed by atoms with Gasteiger partial charge < -0.3 is 10.1 Å². The maximum absolute atomic E-state index is 5.25. The van der Waals surface area contributed by atoms with Gasteiger partial charge in [0.05, 0.1) is 6.10 Å². The Kier molecular flexibility index (Phi) is 3.26. The summed E-state index contributed by atoms with van der Waals surface area (Å²) >= 11 is 1.85. The van der Waals surface area contributed by atoms with Crippen LogP contribution in [-0.4, -0.2) is 36.7 Å². The van der Waals surface area contributed by atoms with E-state index in [9.17, 15) is 0 Å². The van der Waals surface area contributed by atoms with E-state index in [1.807, 2.05) is 11.8 Å². The molecule has 3 nitrogen and oxygen atoms in total. The lowest BCUT2D eigenvalue weighted by Crippen LogP contribution is -2.47. The standard InChI is InChI=1S/C11H20N2OS/c1-11(2)6-12-10(15-7-11)13-8-4-9(5-8)14-3/h8-9H,4-7H2,1-3H3,(H,12,13). The van der Waals surface area contributed by atoms with E-state index < -0.39 is 0 Å². The van der Waals surface area contributed by atoms with Crippen molar-refractivity contribution < 1.29 is 4.74 Å². The minimum Gasteiger partial charge on any atom is -0.381 e. The molecule has 15 heavy (non-hydrogen) atoms. The smallest absolute Gasteiger partial charge is 0.156 e. The van der Waals surface area contributed by atoms with Crippen LogP contribution in [0.2, 0.25) is 0 Å². The van der Waals surface area contributed by atoms with Crippen LogP contribution in [0.3, 0.4) is 0 Å². The molecule has 1 heterocycles. The third-order valence-electron chi connectivity index (χ3n) is 3.01. The molecule has 1 fully saturated rings. The molecule has 0 amide bonds. The Labute approximate surface area is 96.1 Å². The van der Waals surface area contributed by atoms with E-state index in [0.29, 0.717) is 17.6 Å². The summed E-state index contributed by atoms with van der Waals surface area (Å²) in [5.41, 5.74) is 0.366. The Bertz CT molecular complexity index is 259. The number of hydrogen-bond acceptors (Lipinski definition) is 4. The highest BCUT2D eigenvalue weighted by Crippen LogP contribution is 2.29. The summed E-state index contributed by atoms with van der Waals surface area (Å²) in [6.07, 6.45) is 2.71. The molecule has 0 radical (unpaired) electrons. The number of amidine groups is 1. The first kappa shape index (κ1) is 11.3. The van der Waals surface area contributed by atoms with Crippen molar-refractivity contribution in [1.29, 1.82) is 0 Å². The number of ether oxygens (including phenoxy) is 1. The highest BCUT2D eigenvalue weighted by atomic mass is 32.2. The van der Waals surface area contributed by atoms with Crippen molar-refractivity contribution in [3.63, 3.8) is 0 Å². The fraction of sp³-hybridized carbons (Fsp3) is 0.909. The third-order valence-corrected chi connectivity index (χ3v) is 4.45. The second kappa shape index (κ2) is 4.34. The normalized spacial score (nSPS) is 34.2. The number of rotatable bonds is 2. The second-order valence-corrected chi connectivity index (χ2v) is 6.21. The fourth-order valence-corrected chi connectivity index (χ4v) is 2.80. The molecule has 2 aliphatic rings. The summed E-state index contributed by atoms with van der Waals surface area (Å²) in [4.78, 5) is 4.58. The van der Waals surface area contributed by atoms with Crippen LogP contribution in [-0.2, 0) is 4.74 Å². The highest BCUT2D eigenvalue weighted by Gasteiger charge is 2.31. The topological polar surface area (TPSA) is 33.6 Å². The molecular formula is C11H20N2OS. The van der Waals surface area contributed by atoms with E-state index in [-0.39, 0.29) is 0 Å². The van der Waals surface area contributed by atoms with Crippen LogP contribution < -0.4 is 5.32 Å². The SMILES string of the molecule is COC1CC(NC2=NCC(C)(C)CS2)C1. The molecule has 0 unspecified atom stereocenters. The maximum Gasteiger partial charge on any atom is 0.156 e. The average molecular weight is 228 g/mol. The van der Waals surface area contributed by atoms with Crippen molar-refractivity contribution in [2.24, 2.45) is 10.4 Å². The summed E-state index contributed by atoms with van der Waals surface area (Å²) < 4.78 is 5.25. The van der Waals surface area contributed by atoms with Crippen molar-refractivity contribution >= 4 is 16.9 Å². The molecule has 0 aromatic rings. The molecule has 0 aromatic heterocycles. The molecule has 0 saturated heterocycles. The lowest BCUT2D eigenvalue weighted by molar-refractivity contribution is 0.0228. The minimum absolute atomic E-state index is 0.366. The molecule has 86 valence electrons. The Balaban J connectivity index is 1.75. The van der Waals surface area contributed by atoms with Gasteiger partial charge in [-0.25, -0.2) is 0 Å². The predicted molar refractivity (Wildman–Crippen MR) is 65.5 cm³/mol. The number of aliphatic imine (C=N–C) groups is 1. The number of nitrogens with one attached hydrogen (secondary N) is 1. The van der Waals surface area contributed by atoms with Crippen LogP contribution in [0.15, 0.2) is 4.99 Å². The van der Waals surface area contributed by atoms with Crippen molar-refractivity contribution in [1.82, 2.24) is 5.32 Å². The maximum atomic E-state index is 5.25. The van der Waals surface area contributed by atoms with Crippen molar-refractivity contribution in [2.75, 3.05) is 19.4 Å². The minimum atomic E-state index is 0.366. The van der Waals surface area contributed by atoms with Gasteiger partial charge in [-0.15, -0.1) is 0 Å². The van der Waals surface area contributed by atoms with Gasteiger partial charge in [0.1, 0.15) is 0 Å². The van der Waals surface area contributed by atoms with E-state index in [1.165, 1.54) is 5.75 Å². The van der Waals surface area contributed by atoms with Gasteiger partial charge in [-0.1, -0.05) is 25.6 Å². The molecule has 0 aromatic carbocycles. The Morgan fingerprint density at radius 1 is 1.47 bits per heavy atom. The van der Waals surface area contributed by atoms with Crippen LogP contribution in [0, 0.1) is 5.41 Å². The van der Waals surface area contributed by atoms with Gasteiger partial charge in [0.25, 0.3) is 0 Å². The lowest BCUT2D eigenvalue weighted by Gasteiger charge is -2.37. The molecule has 4 heteroatoms. The molecule has 1 saturated carbocycles. The Hall–Kier alpha value is -0.220. The van der Waals surface area contributed by atoms with Crippen LogP contribution >= 0.6 is 11.8 Å². The zero-order valence-corrected chi connectivity index (χ0v) is 10.6. The van der Waals surface area contributed by atoms with Gasteiger partial charge in [0.2, 0.25) is 0 Å². The van der Waals surface area contributed by atoms with Crippen molar-refractivity contribution in [3.8, 4) is 0 Å². The van der Waals surface area contributed by atoms with Crippen LogP contribution in [0.4, 0.5) is 0 Å². The summed E-state index contributed by atoms with van der Waals surface area (Å²) in [7, 11) is 1.79. The van der Waals surface area contributed by atoms with E-state index in [4.69, 9.17) is 4.74 Å². The van der Waals surface area contributed by atoms with Crippen LogP contribution in [0.5, 0.6) is 0 Å². The lowest BCUT2D eigenvalue weighted by atomic mass is 9.89. The number of methoxy groups -OCH3 is 1. The largest absolute Gasteiger partial charge is 0.381 e. The van der Waals surface area contributed by atoms with Gasteiger partial charge in [-0.3, -0.25) is 4.99 Å². The van der Waals surface area contributed by atoms with E-state index in [2.05, 4.69) is 24.2 Å². The van der Waals surface area contributed by atoms with Gasteiger partial charge in [0, 0.05) is 25.4 Å². The number of hydrogen-bond donors (Lipinski definition) is 1. The summed E-state index contributed by atoms with van der Waals surface area (Å²) in [6, 6.07) is 0.586. The second-order valence-electron chi connectivity index (χ2n) is 5.24. The monoisotopic (exact) mass is 228 g/mol. The van der Waals surface area contributed by atoms with Gasteiger partial charge >= 0.3 is 0 Å². The van der Waals surface area contributed by atoms with Gasteiger partial charge in [-0.2, -0.15) is 0 Å². The molecule has 2 rings (SSSR count). The molecule has 0 spiro atoms. The van der Waals surface area contributed by atoms with Crippen molar-refractivity contribution in [3.05, 3.63) is 0 Å². The highest BCUT2D eigenvalue weighted by molar-refractivity contribution is 8.13.